The summed E-state index contributed by atoms with van der Waals surface area (Å²) in [7, 11) is 1.64. The lowest BCUT2D eigenvalue weighted by Crippen LogP contribution is -2.37. The first-order valence-corrected chi connectivity index (χ1v) is 7.79. The molecule has 0 saturated carbocycles. The molecular weight excluding hydrogens is 458 g/mol. The number of hydrogen-bond donors (Lipinski definition) is 2. The average molecular weight is 479 g/mol. The van der Waals surface area contributed by atoms with Crippen LogP contribution in [-0.4, -0.2) is 26.2 Å². The highest BCUT2D eigenvalue weighted by Gasteiger charge is 2.05. The SMILES string of the molecule is CN=C(NCCc1ccc(F)cc1)NCc1cccc(OC(F)F)c1.I. The van der Waals surface area contributed by atoms with Crippen molar-refractivity contribution in [2.24, 2.45) is 4.99 Å². The van der Waals surface area contributed by atoms with Gasteiger partial charge < -0.3 is 15.4 Å². The van der Waals surface area contributed by atoms with Crippen molar-refractivity contribution in [1.82, 2.24) is 10.6 Å². The fourth-order valence-corrected chi connectivity index (χ4v) is 2.21. The van der Waals surface area contributed by atoms with Gasteiger partial charge in [-0.15, -0.1) is 24.0 Å². The van der Waals surface area contributed by atoms with Crippen molar-refractivity contribution in [2.75, 3.05) is 13.6 Å². The minimum atomic E-state index is -2.84. The van der Waals surface area contributed by atoms with Gasteiger partial charge in [0.1, 0.15) is 11.6 Å². The number of benzene rings is 2. The Morgan fingerprint density at radius 1 is 1.08 bits per heavy atom. The summed E-state index contributed by atoms with van der Waals surface area (Å²) in [6.45, 7) is -1.81. The molecule has 0 radical (unpaired) electrons. The third-order valence-corrected chi connectivity index (χ3v) is 3.43. The Balaban J connectivity index is 0.00000338. The van der Waals surface area contributed by atoms with Crippen LogP contribution in [0.1, 0.15) is 11.1 Å². The van der Waals surface area contributed by atoms with Crippen LogP contribution in [0.3, 0.4) is 0 Å². The maximum Gasteiger partial charge on any atom is 0.387 e. The summed E-state index contributed by atoms with van der Waals surface area (Å²) in [6.07, 6.45) is 0.721. The molecule has 0 unspecified atom stereocenters. The first kappa shape index (κ1) is 22.1. The summed E-state index contributed by atoms with van der Waals surface area (Å²) in [5, 5.41) is 6.24. The predicted molar refractivity (Wildman–Crippen MR) is 107 cm³/mol. The molecule has 0 atom stereocenters. The molecule has 26 heavy (non-hydrogen) atoms. The first-order chi connectivity index (χ1) is 12.1. The number of guanidine groups is 1. The van der Waals surface area contributed by atoms with E-state index in [1.54, 1.807) is 37.4 Å². The standard InChI is InChI=1S/C18H20F3N3O.HI/c1-22-18(23-10-9-13-5-7-15(19)8-6-13)24-12-14-3-2-4-16(11-14)25-17(20)21;/h2-8,11,17H,9-10,12H2,1H3,(H2,22,23,24);1H. The Morgan fingerprint density at radius 2 is 1.81 bits per heavy atom. The number of alkyl halides is 2. The van der Waals surface area contributed by atoms with Crippen LogP contribution in [0.25, 0.3) is 0 Å². The summed E-state index contributed by atoms with van der Waals surface area (Å²) in [5.74, 6) is 0.447. The van der Waals surface area contributed by atoms with Gasteiger partial charge in [0.25, 0.3) is 0 Å². The van der Waals surface area contributed by atoms with Crippen molar-refractivity contribution in [3.63, 3.8) is 0 Å². The molecular formula is C18H21F3IN3O. The summed E-state index contributed by atoms with van der Waals surface area (Å²) >= 11 is 0. The van der Waals surface area contributed by atoms with E-state index in [0.717, 1.165) is 17.5 Å². The fraction of sp³-hybridized carbons (Fsp3) is 0.278. The normalized spacial score (nSPS) is 11.0. The molecule has 8 heteroatoms. The van der Waals surface area contributed by atoms with E-state index in [4.69, 9.17) is 0 Å². The van der Waals surface area contributed by atoms with Crippen LogP contribution < -0.4 is 15.4 Å². The van der Waals surface area contributed by atoms with E-state index in [1.165, 1.54) is 18.2 Å². The molecule has 2 aromatic rings. The van der Waals surface area contributed by atoms with Gasteiger partial charge >= 0.3 is 6.61 Å². The van der Waals surface area contributed by atoms with Gasteiger partial charge in [0.2, 0.25) is 0 Å². The highest BCUT2D eigenvalue weighted by molar-refractivity contribution is 14.0. The molecule has 0 fully saturated rings. The number of ether oxygens (including phenoxy) is 1. The molecule has 0 bridgehead atoms. The Labute approximate surface area is 167 Å². The number of halogens is 4. The van der Waals surface area contributed by atoms with E-state index in [0.29, 0.717) is 19.0 Å². The van der Waals surface area contributed by atoms with E-state index in [9.17, 15) is 13.2 Å². The third-order valence-electron chi connectivity index (χ3n) is 3.43. The maximum absolute atomic E-state index is 12.9. The molecule has 2 aromatic carbocycles. The summed E-state index contributed by atoms with van der Waals surface area (Å²) < 4.78 is 41.7. The molecule has 0 aromatic heterocycles. The van der Waals surface area contributed by atoms with Crippen LogP contribution in [0.2, 0.25) is 0 Å². The van der Waals surface area contributed by atoms with E-state index < -0.39 is 6.61 Å². The Hall–Kier alpha value is -1.97. The third kappa shape index (κ3) is 7.94. The van der Waals surface area contributed by atoms with Crippen molar-refractivity contribution in [2.45, 2.75) is 19.6 Å². The van der Waals surface area contributed by atoms with Gasteiger partial charge in [-0.2, -0.15) is 8.78 Å². The fourth-order valence-electron chi connectivity index (χ4n) is 2.21. The molecule has 142 valence electrons. The molecule has 0 aliphatic rings. The van der Waals surface area contributed by atoms with E-state index in [1.807, 2.05) is 0 Å². The molecule has 0 aliphatic carbocycles. The topological polar surface area (TPSA) is 45.7 Å². The monoisotopic (exact) mass is 479 g/mol. The second-order valence-electron chi connectivity index (χ2n) is 5.25. The molecule has 0 heterocycles. The quantitative estimate of drug-likeness (QED) is 0.359. The van der Waals surface area contributed by atoms with Crippen molar-refractivity contribution < 1.29 is 17.9 Å². The van der Waals surface area contributed by atoms with Crippen molar-refractivity contribution in [3.8, 4) is 5.75 Å². The average Bonchev–Trinajstić information content (AvgIpc) is 2.59. The lowest BCUT2D eigenvalue weighted by atomic mass is 10.1. The van der Waals surface area contributed by atoms with Crippen molar-refractivity contribution in [3.05, 3.63) is 65.5 Å². The van der Waals surface area contributed by atoms with Gasteiger partial charge in [0.05, 0.1) is 0 Å². The highest BCUT2D eigenvalue weighted by Crippen LogP contribution is 2.15. The van der Waals surface area contributed by atoms with Gasteiger partial charge in [-0.25, -0.2) is 4.39 Å². The summed E-state index contributed by atoms with van der Waals surface area (Å²) in [5.41, 5.74) is 1.81. The zero-order chi connectivity index (χ0) is 18.1. The first-order valence-electron chi connectivity index (χ1n) is 7.79. The van der Waals surface area contributed by atoms with Crippen molar-refractivity contribution in [1.29, 1.82) is 0 Å². The number of nitrogens with zero attached hydrogens (tertiary/aromatic N) is 1. The van der Waals surface area contributed by atoms with Crippen LogP contribution in [-0.2, 0) is 13.0 Å². The van der Waals surface area contributed by atoms with Gasteiger partial charge in [0, 0.05) is 20.1 Å². The summed E-state index contributed by atoms with van der Waals surface area (Å²) in [6, 6.07) is 12.8. The van der Waals surface area contributed by atoms with E-state index >= 15 is 0 Å². The summed E-state index contributed by atoms with van der Waals surface area (Å²) in [4.78, 5) is 4.10. The van der Waals surface area contributed by atoms with Gasteiger partial charge in [-0.05, 0) is 41.8 Å². The van der Waals surface area contributed by atoms with Crippen LogP contribution in [0, 0.1) is 5.82 Å². The number of aliphatic imine (C=N–C) groups is 1. The Morgan fingerprint density at radius 3 is 2.46 bits per heavy atom. The highest BCUT2D eigenvalue weighted by atomic mass is 127. The second kappa shape index (κ2) is 11.6. The largest absolute Gasteiger partial charge is 0.435 e. The molecule has 2 rings (SSSR count). The smallest absolute Gasteiger partial charge is 0.387 e. The molecule has 0 amide bonds. The van der Waals surface area contributed by atoms with E-state index in [2.05, 4.69) is 20.4 Å². The van der Waals surface area contributed by atoms with Gasteiger partial charge in [-0.3, -0.25) is 4.99 Å². The molecule has 0 spiro atoms. The second-order valence-corrected chi connectivity index (χ2v) is 5.25. The van der Waals surface area contributed by atoms with Gasteiger partial charge in [-0.1, -0.05) is 24.3 Å². The van der Waals surface area contributed by atoms with Gasteiger partial charge in [0.15, 0.2) is 5.96 Å². The molecule has 0 saturated heterocycles. The van der Waals surface area contributed by atoms with Crippen LogP contribution >= 0.6 is 24.0 Å². The lowest BCUT2D eigenvalue weighted by molar-refractivity contribution is -0.0498. The zero-order valence-electron chi connectivity index (χ0n) is 14.2. The Kier molecular flexibility index (Phi) is 9.85. The lowest BCUT2D eigenvalue weighted by Gasteiger charge is -2.13. The number of nitrogens with one attached hydrogen (secondary N) is 2. The predicted octanol–water partition coefficient (Wildman–Crippen LogP) is 3.95. The zero-order valence-corrected chi connectivity index (χ0v) is 16.5. The number of hydrogen-bond acceptors (Lipinski definition) is 2. The maximum atomic E-state index is 12.9. The van der Waals surface area contributed by atoms with E-state index in [-0.39, 0.29) is 35.5 Å². The Bertz CT molecular complexity index is 696. The molecule has 2 N–H and O–H groups in total. The van der Waals surface area contributed by atoms with Crippen LogP contribution in [0.5, 0.6) is 5.75 Å². The van der Waals surface area contributed by atoms with Crippen LogP contribution in [0.4, 0.5) is 13.2 Å². The molecule has 0 aliphatic heterocycles. The number of rotatable bonds is 7. The minimum absolute atomic E-state index is 0. The molecule has 4 nitrogen and oxygen atoms in total. The minimum Gasteiger partial charge on any atom is -0.435 e. The van der Waals surface area contributed by atoms with Crippen molar-refractivity contribution >= 4 is 29.9 Å². The van der Waals surface area contributed by atoms with Crippen LogP contribution in [0.15, 0.2) is 53.5 Å².